The summed E-state index contributed by atoms with van der Waals surface area (Å²) in [6, 6.07) is 0.541. The first kappa shape index (κ1) is 11.8. The summed E-state index contributed by atoms with van der Waals surface area (Å²) in [7, 11) is 0. The van der Waals surface area contributed by atoms with E-state index in [1.807, 2.05) is 18.7 Å². The molecule has 0 N–H and O–H groups in total. The monoisotopic (exact) mass is 219 g/mol. The van der Waals surface area contributed by atoms with Gasteiger partial charge in [0.15, 0.2) is 0 Å². The molecule has 0 radical (unpaired) electrons. The van der Waals surface area contributed by atoms with Crippen molar-refractivity contribution in [3.05, 3.63) is 0 Å². The van der Waals surface area contributed by atoms with Gasteiger partial charge in [0.25, 0.3) is 0 Å². The van der Waals surface area contributed by atoms with Gasteiger partial charge >= 0.3 is 0 Å². The first-order chi connectivity index (χ1) is 6.66. The van der Waals surface area contributed by atoms with Crippen LogP contribution in [0.3, 0.4) is 0 Å². The van der Waals surface area contributed by atoms with E-state index in [1.165, 1.54) is 0 Å². The van der Waals surface area contributed by atoms with Gasteiger partial charge in [0.1, 0.15) is 5.88 Å². The molecule has 1 fully saturated rings. The SMILES string of the molecule is CC(C)N(C(=O)CCl)C1CCOCC1. The summed E-state index contributed by atoms with van der Waals surface area (Å²) >= 11 is 5.59. The Kier molecular flexibility index (Phi) is 4.69. The molecular weight excluding hydrogens is 202 g/mol. The summed E-state index contributed by atoms with van der Waals surface area (Å²) in [6.45, 7) is 5.56. The number of ether oxygens (including phenoxy) is 1. The minimum atomic E-state index is 0.0357. The predicted octanol–water partition coefficient (Wildman–Crippen LogP) is 1.64. The fourth-order valence-electron chi connectivity index (χ4n) is 1.95. The number of hydrogen-bond donors (Lipinski definition) is 0. The van der Waals surface area contributed by atoms with Crippen molar-refractivity contribution in [2.75, 3.05) is 19.1 Å². The summed E-state index contributed by atoms with van der Waals surface area (Å²) in [5, 5.41) is 0. The Bertz CT molecular complexity index is 191. The summed E-state index contributed by atoms with van der Waals surface area (Å²) in [4.78, 5) is 13.5. The molecule has 0 bridgehead atoms. The lowest BCUT2D eigenvalue weighted by atomic mass is 10.1. The van der Waals surface area contributed by atoms with Crippen molar-refractivity contribution in [2.45, 2.75) is 38.8 Å². The van der Waals surface area contributed by atoms with Gasteiger partial charge in [-0.1, -0.05) is 0 Å². The maximum absolute atomic E-state index is 11.6. The lowest BCUT2D eigenvalue weighted by Crippen LogP contribution is -2.47. The van der Waals surface area contributed by atoms with Crippen LogP contribution in [-0.2, 0) is 9.53 Å². The number of carbonyl (C=O) groups excluding carboxylic acids is 1. The first-order valence-corrected chi connectivity index (χ1v) is 5.65. The highest BCUT2D eigenvalue weighted by atomic mass is 35.5. The Hall–Kier alpha value is -0.280. The minimum Gasteiger partial charge on any atom is -0.381 e. The average Bonchev–Trinajstić information content (AvgIpc) is 2.19. The van der Waals surface area contributed by atoms with E-state index in [9.17, 15) is 4.79 Å². The zero-order chi connectivity index (χ0) is 10.6. The van der Waals surface area contributed by atoms with E-state index in [4.69, 9.17) is 16.3 Å². The normalized spacial score (nSPS) is 18.6. The van der Waals surface area contributed by atoms with E-state index >= 15 is 0 Å². The van der Waals surface area contributed by atoms with Gasteiger partial charge in [-0.05, 0) is 26.7 Å². The molecule has 0 aromatic heterocycles. The Labute approximate surface area is 90.4 Å². The van der Waals surface area contributed by atoms with E-state index in [0.717, 1.165) is 26.1 Å². The van der Waals surface area contributed by atoms with Crippen molar-refractivity contribution < 1.29 is 9.53 Å². The Morgan fingerprint density at radius 3 is 2.50 bits per heavy atom. The third-order valence-electron chi connectivity index (χ3n) is 2.54. The second kappa shape index (κ2) is 5.56. The van der Waals surface area contributed by atoms with E-state index in [1.54, 1.807) is 0 Å². The molecule has 14 heavy (non-hydrogen) atoms. The summed E-state index contributed by atoms with van der Waals surface area (Å²) < 4.78 is 5.27. The molecule has 0 saturated carbocycles. The molecule has 1 saturated heterocycles. The molecule has 0 atom stereocenters. The molecule has 1 aliphatic heterocycles. The number of halogens is 1. The number of nitrogens with zero attached hydrogens (tertiary/aromatic N) is 1. The number of alkyl halides is 1. The second-order valence-corrected chi connectivity index (χ2v) is 4.14. The van der Waals surface area contributed by atoms with Crippen LogP contribution in [0.25, 0.3) is 0 Å². The van der Waals surface area contributed by atoms with Gasteiger partial charge in [0.2, 0.25) is 5.91 Å². The van der Waals surface area contributed by atoms with Crippen molar-refractivity contribution in [1.29, 1.82) is 0 Å². The Balaban J connectivity index is 2.60. The molecule has 0 aromatic carbocycles. The highest BCUT2D eigenvalue weighted by Gasteiger charge is 2.26. The quantitative estimate of drug-likeness (QED) is 0.676. The van der Waals surface area contributed by atoms with Crippen LogP contribution in [-0.4, -0.2) is 42.0 Å². The van der Waals surface area contributed by atoms with E-state index in [0.29, 0.717) is 6.04 Å². The predicted molar refractivity (Wildman–Crippen MR) is 56.5 cm³/mol. The lowest BCUT2D eigenvalue weighted by molar-refractivity contribution is -0.134. The van der Waals surface area contributed by atoms with Crippen LogP contribution >= 0.6 is 11.6 Å². The third-order valence-corrected chi connectivity index (χ3v) is 2.77. The van der Waals surface area contributed by atoms with Gasteiger partial charge in [-0.15, -0.1) is 11.6 Å². The Morgan fingerprint density at radius 1 is 1.50 bits per heavy atom. The zero-order valence-corrected chi connectivity index (χ0v) is 9.59. The van der Waals surface area contributed by atoms with Gasteiger partial charge < -0.3 is 9.64 Å². The highest BCUT2D eigenvalue weighted by Crippen LogP contribution is 2.17. The molecule has 1 heterocycles. The maximum Gasteiger partial charge on any atom is 0.237 e. The van der Waals surface area contributed by atoms with Crippen molar-refractivity contribution in [3.63, 3.8) is 0 Å². The Morgan fingerprint density at radius 2 is 2.07 bits per heavy atom. The highest BCUT2D eigenvalue weighted by molar-refractivity contribution is 6.27. The van der Waals surface area contributed by atoms with Crippen LogP contribution in [0.15, 0.2) is 0 Å². The number of amides is 1. The largest absolute Gasteiger partial charge is 0.381 e. The van der Waals surface area contributed by atoms with Crippen LogP contribution in [0.1, 0.15) is 26.7 Å². The fraction of sp³-hybridized carbons (Fsp3) is 0.900. The third kappa shape index (κ3) is 2.85. The molecule has 0 aromatic rings. The van der Waals surface area contributed by atoms with Gasteiger partial charge in [-0.3, -0.25) is 4.79 Å². The molecule has 0 spiro atoms. The van der Waals surface area contributed by atoms with Crippen LogP contribution in [0, 0.1) is 0 Å². The zero-order valence-electron chi connectivity index (χ0n) is 8.83. The lowest BCUT2D eigenvalue weighted by Gasteiger charge is -2.36. The first-order valence-electron chi connectivity index (χ1n) is 5.11. The number of rotatable bonds is 3. The minimum absolute atomic E-state index is 0.0357. The maximum atomic E-state index is 11.6. The van der Waals surface area contributed by atoms with E-state index in [-0.39, 0.29) is 17.8 Å². The van der Waals surface area contributed by atoms with Crippen molar-refractivity contribution in [1.82, 2.24) is 4.90 Å². The summed E-state index contributed by atoms with van der Waals surface area (Å²) in [6.07, 6.45) is 1.86. The summed E-state index contributed by atoms with van der Waals surface area (Å²) in [5.74, 6) is 0.115. The van der Waals surface area contributed by atoms with Gasteiger partial charge in [-0.2, -0.15) is 0 Å². The van der Waals surface area contributed by atoms with Crippen molar-refractivity contribution in [3.8, 4) is 0 Å². The van der Waals surface area contributed by atoms with Crippen molar-refractivity contribution in [2.24, 2.45) is 0 Å². The van der Waals surface area contributed by atoms with Crippen LogP contribution in [0.2, 0.25) is 0 Å². The molecule has 4 heteroatoms. The topological polar surface area (TPSA) is 29.5 Å². The molecule has 82 valence electrons. The molecule has 1 aliphatic rings. The van der Waals surface area contributed by atoms with Crippen LogP contribution in [0.5, 0.6) is 0 Å². The standard InChI is InChI=1S/C10H18ClNO2/c1-8(2)12(10(13)7-11)9-3-5-14-6-4-9/h8-9H,3-7H2,1-2H3. The molecule has 0 aliphatic carbocycles. The van der Waals surface area contributed by atoms with Crippen molar-refractivity contribution >= 4 is 17.5 Å². The van der Waals surface area contributed by atoms with Crippen LogP contribution in [0.4, 0.5) is 0 Å². The van der Waals surface area contributed by atoms with Gasteiger partial charge in [-0.25, -0.2) is 0 Å². The summed E-state index contributed by atoms with van der Waals surface area (Å²) in [5.41, 5.74) is 0. The molecule has 3 nitrogen and oxygen atoms in total. The molecule has 1 rings (SSSR count). The van der Waals surface area contributed by atoms with E-state index < -0.39 is 0 Å². The van der Waals surface area contributed by atoms with E-state index in [2.05, 4.69) is 0 Å². The van der Waals surface area contributed by atoms with Gasteiger partial charge in [0.05, 0.1) is 0 Å². The second-order valence-electron chi connectivity index (χ2n) is 3.87. The van der Waals surface area contributed by atoms with Crippen LogP contribution < -0.4 is 0 Å². The molecule has 0 unspecified atom stereocenters. The smallest absolute Gasteiger partial charge is 0.237 e. The average molecular weight is 220 g/mol. The molecular formula is C10H18ClNO2. The number of hydrogen-bond acceptors (Lipinski definition) is 2. The number of carbonyl (C=O) groups is 1. The van der Waals surface area contributed by atoms with Gasteiger partial charge in [0, 0.05) is 25.3 Å². The fourth-order valence-corrected chi connectivity index (χ4v) is 2.08. The molecule has 1 amide bonds.